The Balaban J connectivity index is 1.27. The second-order valence-electron chi connectivity index (χ2n) is 7.02. The molecule has 9 nitrogen and oxygen atoms in total. The maximum atomic E-state index is 12.1. The lowest BCUT2D eigenvalue weighted by Crippen LogP contribution is -2.52. The number of rotatable bonds is 7. The van der Waals surface area contributed by atoms with Crippen molar-refractivity contribution in [2.24, 2.45) is 0 Å². The van der Waals surface area contributed by atoms with Crippen LogP contribution in [0.4, 0.5) is 4.79 Å². The summed E-state index contributed by atoms with van der Waals surface area (Å²) in [6.07, 6.45) is 3.74. The summed E-state index contributed by atoms with van der Waals surface area (Å²) < 4.78 is 15.9. The fourth-order valence-corrected chi connectivity index (χ4v) is 3.63. The molecule has 4 heterocycles. The average Bonchev–Trinajstić information content (AvgIpc) is 3.37. The van der Waals surface area contributed by atoms with Gasteiger partial charge in [0.2, 0.25) is 5.89 Å². The van der Waals surface area contributed by atoms with Crippen LogP contribution < -0.4 is 5.32 Å². The van der Waals surface area contributed by atoms with Crippen molar-refractivity contribution in [1.29, 1.82) is 0 Å². The van der Waals surface area contributed by atoms with Gasteiger partial charge in [-0.1, -0.05) is 5.16 Å². The lowest BCUT2D eigenvalue weighted by Gasteiger charge is -2.37. The van der Waals surface area contributed by atoms with Crippen LogP contribution in [-0.4, -0.2) is 65.9 Å². The first-order valence-electron chi connectivity index (χ1n) is 9.36. The molecule has 9 heteroatoms. The third-order valence-electron chi connectivity index (χ3n) is 5.22. The number of furan rings is 1. The minimum Gasteiger partial charge on any atom is -0.467 e. The molecule has 0 bridgehead atoms. The summed E-state index contributed by atoms with van der Waals surface area (Å²) in [5, 5.41) is 7.01. The Kier molecular flexibility index (Phi) is 5.40. The van der Waals surface area contributed by atoms with E-state index >= 15 is 0 Å². The van der Waals surface area contributed by atoms with E-state index in [0.29, 0.717) is 38.0 Å². The van der Waals surface area contributed by atoms with Crippen LogP contribution in [0.15, 0.2) is 27.3 Å². The number of amides is 2. The minimum atomic E-state index is -0.104. The summed E-state index contributed by atoms with van der Waals surface area (Å²) in [5.41, 5.74) is 0. The molecule has 146 valence electrons. The van der Waals surface area contributed by atoms with E-state index in [0.717, 1.165) is 31.7 Å². The number of hydrogen-bond acceptors (Lipinski definition) is 7. The van der Waals surface area contributed by atoms with E-state index in [1.165, 1.54) is 0 Å². The Hall–Kier alpha value is -2.39. The normalized spacial score (nSPS) is 20.8. The summed E-state index contributed by atoms with van der Waals surface area (Å²) in [4.78, 5) is 20.8. The van der Waals surface area contributed by atoms with Crippen molar-refractivity contribution in [3.05, 3.63) is 35.9 Å². The first kappa shape index (κ1) is 18.0. The van der Waals surface area contributed by atoms with Gasteiger partial charge in [-0.25, -0.2) is 4.79 Å². The van der Waals surface area contributed by atoms with Gasteiger partial charge in [-0.15, -0.1) is 0 Å². The van der Waals surface area contributed by atoms with Gasteiger partial charge in [0.25, 0.3) is 0 Å². The van der Waals surface area contributed by atoms with Crippen molar-refractivity contribution in [3.63, 3.8) is 0 Å². The molecule has 2 aromatic heterocycles. The molecule has 2 fully saturated rings. The van der Waals surface area contributed by atoms with Crippen LogP contribution in [0.5, 0.6) is 0 Å². The number of methoxy groups -OCH3 is 1. The standard InChI is InChI=1S/C18H25N5O4/c1-25-9-7-22-6-2-5-15(22)17-20-16(21-27-17)13-11-23(12-13)18(24)19-10-14-4-3-8-26-14/h3-4,8,13,15H,2,5-7,9-12H2,1H3,(H,19,24). The van der Waals surface area contributed by atoms with Crippen molar-refractivity contribution in [2.75, 3.05) is 39.9 Å². The first-order valence-corrected chi connectivity index (χ1v) is 9.36. The smallest absolute Gasteiger partial charge is 0.317 e. The number of likely N-dealkylation sites (tertiary alicyclic amines) is 2. The quantitative estimate of drug-likeness (QED) is 0.787. The zero-order valence-electron chi connectivity index (χ0n) is 15.5. The van der Waals surface area contributed by atoms with Crippen molar-refractivity contribution in [2.45, 2.75) is 31.3 Å². The summed E-state index contributed by atoms with van der Waals surface area (Å²) in [6, 6.07) is 3.71. The third-order valence-corrected chi connectivity index (χ3v) is 5.22. The van der Waals surface area contributed by atoms with Crippen LogP contribution in [0.25, 0.3) is 0 Å². The summed E-state index contributed by atoms with van der Waals surface area (Å²) >= 11 is 0. The van der Waals surface area contributed by atoms with Gasteiger partial charge in [-0.3, -0.25) is 4.90 Å². The van der Waals surface area contributed by atoms with Gasteiger partial charge in [0.15, 0.2) is 5.82 Å². The highest BCUT2D eigenvalue weighted by atomic mass is 16.5. The second-order valence-corrected chi connectivity index (χ2v) is 7.02. The number of nitrogens with zero attached hydrogens (tertiary/aromatic N) is 4. The number of ether oxygens (including phenoxy) is 1. The van der Waals surface area contributed by atoms with Gasteiger partial charge in [-0.2, -0.15) is 4.98 Å². The highest BCUT2D eigenvalue weighted by Gasteiger charge is 2.37. The topological polar surface area (TPSA) is 96.9 Å². The molecule has 1 N–H and O–H groups in total. The third kappa shape index (κ3) is 3.98. The Morgan fingerprint density at radius 2 is 2.33 bits per heavy atom. The van der Waals surface area contributed by atoms with E-state index < -0.39 is 0 Å². The zero-order chi connectivity index (χ0) is 18.6. The highest BCUT2D eigenvalue weighted by molar-refractivity contribution is 5.75. The molecule has 27 heavy (non-hydrogen) atoms. The number of carbonyl (C=O) groups excluding carboxylic acids is 1. The minimum absolute atomic E-state index is 0.104. The monoisotopic (exact) mass is 375 g/mol. The number of nitrogens with one attached hydrogen (secondary N) is 1. The van der Waals surface area contributed by atoms with Crippen LogP contribution in [-0.2, 0) is 11.3 Å². The van der Waals surface area contributed by atoms with E-state index in [1.54, 1.807) is 24.3 Å². The van der Waals surface area contributed by atoms with E-state index in [2.05, 4.69) is 20.4 Å². The van der Waals surface area contributed by atoms with Crippen LogP contribution >= 0.6 is 0 Å². The Morgan fingerprint density at radius 1 is 1.44 bits per heavy atom. The molecule has 0 saturated carbocycles. The molecule has 2 aliphatic heterocycles. The summed E-state index contributed by atoms with van der Waals surface area (Å²) in [7, 11) is 1.71. The van der Waals surface area contributed by atoms with Crippen molar-refractivity contribution in [3.8, 4) is 0 Å². The molecule has 0 aliphatic carbocycles. The van der Waals surface area contributed by atoms with E-state index in [-0.39, 0.29) is 18.0 Å². The number of aromatic nitrogens is 2. The van der Waals surface area contributed by atoms with E-state index in [4.69, 9.17) is 13.7 Å². The Morgan fingerprint density at radius 3 is 3.11 bits per heavy atom. The molecule has 0 radical (unpaired) electrons. The van der Waals surface area contributed by atoms with Gasteiger partial charge in [0, 0.05) is 26.7 Å². The molecule has 1 atom stereocenters. The molecule has 2 aliphatic rings. The highest BCUT2D eigenvalue weighted by Crippen LogP contribution is 2.32. The maximum Gasteiger partial charge on any atom is 0.317 e. The zero-order valence-corrected chi connectivity index (χ0v) is 15.5. The molecule has 2 aromatic rings. The lowest BCUT2D eigenvalue weighted by atomic mass is 10.0. The summed E-state index contributed by atoms with van der Waals surface area (Å²) in [6.45, 7) is 4.17. The largest absolute Gasteiger partial charge is 0.467 e. The van der Waals surface area contributed by atoms with Crippen LogP contribution in [0, 0.1) is 0 Å². The SMILES string of the molecule is COCCN1CCCC1c1nc(C2CN(C(=O)NCc3ccco3)C2)no1. The Bertz CT molecular complexity index is 741. The van der Waals surface area contributed by atoms with E-state index in [9.17, 15) is 4.79 Å². The van der Waals surface area contributed by atoms with Crippen molar-refractivity contribution in [1.82, 2.24) is 25.3 Å². The predicted octanol–water partition coefficient (Wildman–Crippen LogP) is 1.75. The molecule has 0 spiro atoms. The molecule has 0 aromatic carbocycles. The molecular formula is C18H25N5O4. The predicted molar refractivity (Wildman–Crippen MR) is 95.0 cm³/mol. The second kappa shape index (κ2) is 8.10. The van der Waals surface area contributed by atoms with Gasteiger partial charge < -0.3 is 23.9 Å². The molecular weight excluding hydrogens is 350 g/mol. The molecule has 2 amide bonds. The van der Waals surface area contributed by atoms with Crippen LogP contribution in [0.2, 0.25) is 0 Å². The summed E-state index contributed by atoms with van der Waals surface area (Å²) in [5.74, 6) is 2.24. The lowest BCUT2D eigenvalue weighted by molar-refractivity contribution is 0.129. The average molecular weight is 375 g/mol. The van der Waals surface area contributed by atoms with Crippen molar-refractivity contribution < 1.29 is 18.5 Å². The molecule has 1 unspecified atom stereocenters. The molecule has 2 saturated heterocycles. The number of carbonyl (C=O) groups is 1. The first-order chi connectivity index (χ1) is 13.2. The number of hydrogen-bond donors (Lipinski definition) is 1. The van der Waals surface area contributed by atoms with Gasteiger partial charge in [0.05, 0.1) is 31.4 Å². The fraction of sp³-hybridized carbons (Fsp3) is 0.611. The van der Waals surface area contributed by atoms with Gasteiger partial charge in [-0.05, 0) is 31.5 Å². The Labute approximate surface area is 157 Å². The number of urea groups is 1. The van der Waals surface area contributed by atoms with Crippen LogP contribution in [0.3, 0.4) is 0 Å². The van der Waals surface area contributed by atoms with Crippen molar-refractivity contribution >= 4 is 6.03 Å². The molecule has 4 rings (SSSR count). The fourth-order valence-electron chi connectivity index (χ4n) is 3.63. The maximum absolute atomic E-state index is 12.1. The van der Waals surface area contributed by atoms with E-state index in [1.807, 2.05) is 6.07 Å². The van der Waals surface area contributed by atoms with Gasteiger partial charge in [0.1, 0.15) is 5.76 Å². The van der Waals surface area contributed by atoms with Gasteiger partial charge >= 0.3 is 6.03 Å². The van der Waals surface area contributed by atoms with Crippen LogP contribution in [0.1, 0.15) is 42.3 Å².